The molecule has 1 aromatic carbocycles. The molecule has 1 heterocycles. The van der Waals surface area contributed by atoms with Gasteiger partial charge in [0.2, 0.25) is 0 Å². The predicted molar refractivity (Wildman–Crippen MR) is 82.4 cm³/mol. The molecule has 0 radical (unpaired) electrons. The van der Waals surface area contributed by atoms with E-state index >= 15 is 0 Å². The molecule has 0 amide bonds. The van der Waals surface area contributed by atoms with Gasteiger partial charge in [0.25, 0.3) is 0 Å². The number of hydrogen-bond acceptors (Lipinski definition) is 2. The lowest BCUT2D eigenvalue weighted by molar-refractivity contribution is 0.168. The fourth-order valence-corrected chi connectivity index (χ4v) is 3.04. The highest BCUT2D eigenvalue weighted by Gasteiger charge is 2.21. The Morgan fingerprint density at radius 2 is 2.05 bits per heavy atom. The third-order valence-corrected chi connectivity index (χ3v) is 4.58. The minimum Gasteiger partial charge on any atom is -0.317 e. The van der Waals surface area contributed by atoms with E-state index in [4.69, 9.17) is 0 Å². The van der Waals surface area contributed by atoms with Crippen molar-refractivity contribution in [2.24, 2.45) is 5.92 Å². The molecule has 20 heavy (non-hydrogen) atoms. The van der Waals surface area contributed by atoms with Crippen LogP contribution in [-0.4, -0.2) is 31.1 Å². The van der Waals surface area contributed by atoms with Gasteiger partial charge < -0.3 is 5.32 Å². The van der Waals surface area contributed by atoms with Gasteiger partial charge in [0.05, 0.1) is 0 Å². The molecule has 0 aliphatic carbocycles. The largest absolute Gasteiger partial charge is 0.317 e. The van der Waals surface area contributed by atoms with Gasteiger partial charge in [-0.25, -0.2) is 4.39 Å². The molecule has 0 saturated carbocycles. The van der Waals surface area contributed by atoms with Crippen LogP contribution in [0.3, 0.4) is 0 Å². The van der Waals surface area contributed by atoms with Crippen LogP contribution in [0.2, 0.25) is 0 Å². The minimum absolute atomic E-state index is 0.0905. The van der Waals surface area contributed by atoms with Crippen molar-refractivity contribution in [2.45, 2.75) is 39.7 Å². The number of nitrogens with zero attached hydrogens (tertiary/aromatic N) is 1. The summed E-state index contributed by atoms with van der Waals surface area (Å²) in [4.78, 5) is 2.47. The molecule has 2 rings (SSSR count). The zero-order valence-corrected chi connectivity index (χ0v) is 13.0. The molecule has 3 heteroatoms. The van der Waals surface area contributed by atoms with Crippen molar-refractivity contribution in [1.82, 2.24) is 10.2 Å². The summed E-state index contributed by atoms with van der Waals surface area (Å²) in [6, 6.07) is 5.93. The van der Waals surface area contributed by atoms with Crippen molar-refractivity contribution in [3.8, 4) is 0 Å². The van der Waals surface area contributed by atoms with Gasteiger partial charge in [-0.2, -0.15) is 0 Å². The summed E-state index contributed by atoms with van der Waals surface area (Å²) in [5.41, 5.74) is 1.81. The Labute approximate surface area is 122 Å². The lowest BCUT2D eigenvalue weighted by Crippen LogP contribution is -2.37. The van der Waals surface area contributed by atoms with Crippen molar-refractivity contribution in [3.63, 3.8) is 0 Å². The van der Waals surface area contributed by atoms with Crippen LogP contribution in [0.4, 0.5) is 4.39 Å². The number of benzene rings is 1. The summed E-state index contributed by atoms with van der Waals surface area (Å²) in [5, 5.41) is 3.41. The average Bonchev–Trinajstić information content (AvgIpc) is 2.48. The Morgan fingerprint density at radius 3 is 2.65 bits per heavy atom. The summed E-state index contributed by atoms with van der Waals surface area (Å²) in [7, 11) is 0. The maximum absolute atomic E-state index is 13.7. The molecule has 112 valence electrons. The highest BCUT2D eigenvalue weighted by atomic mass is 19.1. The molecule has 1 atom stereocenters. The lowest BCUT2D eigenvalue weighted by Gasteiger charge is -2.33. The molecule has 1 N–H and O–H groups in total. The number of nitrogens with one attached hydrogen (secondary N) is 1. The first kappa shape index (κ1) is 15.5. The molecule has 0 aromatic heterocycles. The molecule has 2 nitrogen and oxygen atoms in total. The summed E-state index contributed by atoms with van der Waals surface area (Å²) in [6.45, 7) is 10.6. The predicted octanol–water partition coefficient (Wildman–Crippen LogP) is 3.52. The topological polar surface area (TPSA) is 15.3 Å². The van der Waals surface area contributed by atoms with E-state index < -0.39 is 0 Å². The highest BCUT2D eigenvalue weighted by molar-refractivity contribution is 5.25. The van der Waals surface area contributed by atoms with E-state index in [1.165, 1.54) is 12.8 Å². The van der Waals surface area contributed by atoms with Gasteiger partial charge in [0.1, 0.15) is 5.82 Å². The average molecular weight is 278 g/mol. The van der Waals surface area contributed by atoms with Gasteiger partial charge in [-0.1, -0.05) is 19.1 Å². The number of aryl methyl sites for hydroxylation is 1. The molecular weight excluding hydrogens is 251 g/mol. The normalized spacial score (nSPS) is 18.4. The van der Waals surface area contributed by atoms with E-state index in [0.29, 0.717) is 0 Å². The number of rotatable bonds is 5. The van der Waals surface area contributed by atoms with Gasteiger partial charge >= 0.3 is 0 Å². The van der Waals surface area contributed by atoms with Gasteiger partial charge in [-0.15, -0.1) is 0 Å². The fourth-order valence-electron chi connectivity index (χ4n) is 3.04. The van der Waals surface area contributed by atoms with E-state index in [-0.39, 0.29) is 11.9 Å². The Balaban J connectivity index is 2.03. The van der Waals surface area contributed by atoms with Gasteiger partial charge in [0, 0.05) is 12.6 Å². The molecule has 1 aliphatic heterocycles. The SMILES string of the molecule is CCN(CC1CCNCC1)C(C)c1ccc(C)c(F)c1. The van der Waals surface area contributed by atoms with Crippen molar-refractivity contribution in [1.29, 1.82) is 0 Å². The Bertz CT molecular complexity index is 427. The summed E-state index contributed by atoms with van der Waals surface area (Å²) in [6.07, 6.45) is 2.51. The fraction of sp³-hybridized carbons (Fsp3) is 0.647. The Kier molecular flexibility index (Phi) is 5.55. The lowest BCUT2D eigenvalue weighted by atomic mass is 9.96. The van der Waals surface area contributed by atoms with E-state index in [9.17, 15) is 4.39 Å². The van der Waals surface area contributed by atoms with Crippen molar-refractivity contribution >= 4 is 0 Å². The van der Waals surface area contributed by atoms with Gasteiger partial charge in [0.15, 0.2) is 0 Å². The maximum Gasteiger partial charge on any atom is 0.126 e. The molecule has 1 saturated heterocycles. The first-order valence-electron chi connectivity index (χ1n) is 7.82. The van der Waals surface area contributed by atoms with Crippen LogP contribution in [0.5, 0.6) is 0 Å². The second-order valence-electron chi connectivity index (χ2n) is 5.97. The molecular formula is C17H27FN2. The second-order valence-corrected chi connectivity index (χ2v) is 5.97. The van der Waals surface area contributed by atoms with Crippen LogP contribution in [0.25, 0.3) is 0 Å². The highest BCUT2D eigenvalue weighted by Crippen LogP contribution is 2.24. The molecule has 1 fully saturated rings. The molecule has 1 aliphatic rings. The third kappa shape index (κ3) is 3.80. The van der Waals surface area contributed by atoms with Crippen molar-refractivity contribution in [2.75, 3.05) is 26.2 Å². The van der Waals surface area contributed by atoms with Crippen LogP contribution >= 0.6 is 0 Å². The minimum atomic E-state index is -0.0905. The van der Waals surface area contributed by atoms with Crippen LogP contribution in [0, 0.1) is 18.7 Å². The zero-order chi connectivity index (χ0) is 14.5. The van der Waals surface area contributed by atoms with E-state index in [0.717, 1.165) is 43.2 Å². The number of halogens is 1. The van der Waals surface area contributed by atoms with Crippen LogP contribution in [0.1, 0.15) is 43.9 Å². The Hall–Kier alpha value is -0.930. The summed E-state index contributed by atoms with van der Waals surface area (Å²) >= 11 is 0. The first-order valence-corrected chi connectivity index (χ1v) is 7.82. The van der Waals surface area contributed by atoms with Crippen LogP contribution < -0.4 is 5.32 Å². The van der Waals surface area contributed by atoms with Crippen LogP contribution in [0.15, 0.2) is 18.2 Å². The number of hydrogen-bond donors (Lipinski definition) is 1. The smallest absolute Gasteiger partial charge is 0.126 e. The van der Waals surface area contributed by atoms with E-state index in [1.54, 1.807) is 6.07 Å². The first-order chi connectivity index (χ1) is 9.61. The molecule has 0 spiro atoms. The summed E-state index contributed by atoms with van der Waals surface area (Å²) < 4.78 is 13.7. The van der Waals surface area contributed by atoms with Crippen LogP contribution in [-0.2, 0) is 0 Å². The van der Waals surface area contributed by atoms with Gasteiger partial charge in [-0.3, -0.25) is 4.90 Å². The quantitative estimate of drug-likeness (QED) is 0.886. The van der Waals surface area contributed by atoms with Crippen molar-refractivity contribution in [3.05, 3.63) is 35.1 Å². The Morgan fingerprint density at radius 1 is 1.35 bits per heavy atom. The third-order valence-electron chi connectivity index (χ3n) is 4.58. The second kappa shape index (κ2) is 7.19. The summed E-state index contributed by atoms with van der Waals surface area (Å²) in [5.74, 6) is 0.682. The monoisotopic (exact) mass is 278 g/mol. The number of piperidine rings is 1. The molecule has 0 bridgehead atoms. The molecule has 1 aromatic rings. The van der Waals surface area contributed by atoms with Crippen molar-refractivity contribution < 1.29 is 4.39 Å². The standard InChI is InChI=1S/C17H27FN2/c1-4-20(12-15-7-9-19-10-8-15)14(3)16-6-5-13(2)17(18)11-16/h5-6,11,14-15,19H,4,7-10,12H2,1-3H3. The molecule has 1 unspecified atom stereocenters. The van der Waals surface area contributed by atoms with E-state index in [1.807, 2.05) is 13.0 Å². The van der Waals surface area contributed by atoms with Gasteiger partial charge in [-0.05, 0) is 69.4 Å². The zero-order valence-electron chi connectivity index (χ0n) is 13.0. The van der Waals surface area contributed by atoms with E-state index in [2.05, 4.69) is 30.1 Å². The maximum atomic E-state index is 13.7.